The van der Waals surface area contributed by atoms with E-state index < -0.39 is 18.3 Å². The van der Waals surface area contributed by atoms with Crippen LogP contribution in [0, 0.1) is 5.82 Å². The first-order chi connectivity index (χ1) is 19.4. The van der Waals surface area contributed by atoms with Gasteiger partial charge in [0.25, 0.3) is 10.0 Å². The summed E-state index contributed by atoms with van der Waals surface area (Å²) in [5.41, 5.74) is 2.80. The molecule has 2 aromatic carbocycles. The third-order valence-corrected chi connectivity index (χ3v) is 13.9. The van der Waals surface area contributed by atoms with Gasteiger partial charge in [-0.2, -0.15) is 15.0 Å². The highest BCUT2D eigenvalue weighted by molar-refractivity contribution is 7.90. The first-order valence-electron chi connectivity index (χ1n) is 13.5. The number of fused-ring (bicyclic) bond motifs is 1. The Morgan fingerprint density at radius 3 is 2.29 bits per heavy atom. The van der Waals surface area contributed by atoms with E-state index in [1.54, 1.807) is 65.6 Å². The number of aromatic nitrogens is 5. The Kier molecular flexibility index (Phi) is 7.71. The van der Waals surface area contributed by atoms with Gasteiger partial charge in [0.2, 0.25) is 0 Å². The van der Waals surface area contributed by atoms with Gasteiger partial charge in [-0.15, -0.1) is 0 Å². The molecule has 8 nitrogen and oxygen atoms in total. The second kappa shape index (κ2) is 11.0. The monoisotopic (exact) mass is 591 g/mol. The molecule has 0 aliphatic carbocycles. The average molecular weight is 592 g/mol. The van der Waals surface area contributed by atoms with Gasteiger partial charge in [-0.25, -0.2) is 21.8 Å². The minimum Gasteiger partial charge on any atom is -0.417 e. The van der Waals surface area contributed by atoms with Gasteiger partial charge < -0.3 is 4.43 Å². The lowest BCUT2D eigenvalue weighted by atomic mass is 10.0. The van der Waals surface area contributed by atoms with E-state index in [1.807, 2.05) is 0 Å². The fourth-order valence-corrected chi connectivity index (χ4v) is 6.71. The van der Waals surface area contributed by atoms with Gasteiger partial charge in [-0.3, -0.25) is 0 Å². The Hall–Kier alpha value is -3.67. The van der Waals surface area contributed by atoms with E-state index in [0.717, 1.165) is 6.42 Å². The number of hydrogen-bond acceptors (Lipinski definition) is 6. The highest BCUT2D eigenvalue weighted by atomic mass is 32.2. The van der Waals surface area contributed by atoms with Gasteiger partial charge in [-0.05, 0) is 73.1 Å². The van der Waals surface area contributed by atoms with E-state index in [9.17, 15) is 12.8 Å². The fourth-order valence-electron chi connectivity index (χ4n) is 4.30. The number of nitrogens with zero attached hydrogens (tertiary/aromatic N) is 5. The van der Waals surface area contributed by atoms with E-state index in [0.29, 0.717) is 41.1 Å². The molecule has 0 N–H and O–H groups in total. The first kappa shape index (κ1) is 28.8. The molecule has 11 heteroatoms. The topological polar surface area (TPSA) is 91.9 Å². The summed E-state index contributed by atoms with van der Waals surface area (Å²) < 4.78 is 48.1. The summed E-state index contributed by atoms with van der Waals surface area (Å²) in [6, 6.07) is 17.9. The third kappa shape index (κ3) is 5.74. The van der Waals surface area contributed by atoms with Crippen LogP contribution in [0.5, 0.6) is 0 Å². The molecule has 41 heavy (non-hydrogen) atoms. The Labute approximate surface area is 241 Å². The Balaban J connectivity index is 1.52. The number of halogens is 1. The van der Waals surface area contributed by atoms with Crippen molar-refractivity contribution >= 4 is 29.4 Å². The van der Waals surface area contributed by atoms with Crippen molar-refractivity contribution in [1.29, 1.82) is 0 Å². The summed E-state index contributed by atoms with van der Waals surface area (Å²) in [6.07, 6.45) is 3.79. The molecule has 0 bridgehead atoms. The molecular formula is C30H34FN5O3SSi. The lowest BCUT2D eigenvalue weighted by Gasteiger charge is -2.36. The molecule has 5 rings (SSSR count). The van der Waals surface area contributed by atoms with Gasteiger partial charge in [-0.1, -0.05) is 39.0 Å². The maximum absolute atomic E-state index is 13.8. The molecule has 0 radical (unpaired) electrons. The summed E-state index contributed by atoms with van der Waals surface area (Å²) in [5.74, 6) is -0.347. The van der Waals surface area contributed by atoms with Crippen molar-refractivity contribution in [1.82, 2.24) is 24.0 Å². The van der Waals surface area contributed by atoms with Gasteiger partial charge in [0.05, 0.1) is 11.4 Å². The number of hydrogen-bond donors (Lipinski definition) is 0. The normalized spacial score (nSPS) is 12.7. The SMILES string of the molecule is CC(C)(C)[Si](C)(C)OCCCn1nc(-c2ccc(F)cc2)c(-c2ccnc3c2ccn3S(=O)(=O)c2ccccc2)n1. The Morgan fingerprint density at radius 1 is 0.927 bits per heavy atom. The van der Waals surface area contributed by atoms with Crippen LogP contribution in [0.3, 0.4) is 0 Å². The van der Waals surface area contributed by atoms with E-state index in [4.69, 9.17) is 14.6 Å². The van der Waals surface area contributed by atoms with Gasteiger partial charge >= 0.3 is 0 Å². The smallest absolute Gasteiger partial charge is 0.269 e. The van der Waals surface area contributed by atoms with Crippen LogP contribution < -0.4 is 0 Å². The Morgan fingerprint density at radius 2 is 1.61 bits per heavy atom. The zero-order valence-corrected chi connectivity index (χ0v) is 25.7. The molecule has 0 aliphatic heterocycles. The van der Waals surface area contributed by atoms with Crippen LogP contribution in [0.4, 0.5) is 4.39 Å². The van der Waals surface area contributed by atoms with Crippen molar-refractivity contribution in [3.63, 3.8) is 0 Å². The summed E-state index contributed by atoms with van der Waals surface area (Å²) in [6.45, 7) is 12.2. The van der Waals surface area contributed by atoms with Gasteiger partial charge in [0.1, 0.15) is 17.2 Å². The molecular weight excluding hydrogens is 558 g/mol. The van der Waals surface area contributed by atoms with Crippen molar-refractivity contribution in [2.75, 3.05) is 6.61 Å². The minimum absolute atomic E-state index is 0.122. The number of aryl methyl sites for hydroxylation is 1. The number of benzene rings is 2. The molecule has 3 heterocycles. The van der Waals surface area contributed by atoms with Crippen LogP contribution in [-0.4, -0.2) is 47.3 Å². The zero-order valence-electron chi connectivity index (χ0n) is 23.9. The molecule has 0 atom stereocenters. The fraction of sp³-hybridized carbons (Fsp3) is 0.300. The zero-order chi connectivity index (χ0) is 29.4. The standard InChI is InChI=1S/C30H34FN5O3SSi/c1-30(2,3)41(4,5)39-21-9-19-36-33-27(22-12-14-23(31)15-13-22)28(34-36)25-16-18-32-29-26(25)17-20-35(29)40(37,38)24-10-7-6-8-11-24/h6-8,10-18,20H,9,19,21H2,1-5H3. The quantitative estimate of drug-likeness (QED) is 0.139. The second-order valence-electron chi connectivity index (χ2n) is 11.5. The van der Waals surface area contributed by atoms with Crippen molar-refractivity contribution in [3.8, 4) is 22.5 Å². The van der Waals surface area contributed by atoms with E-state index in [1.165, 1.54) is 22.3 Å². The highest BCUT2D eigenvalue weighted by Crippen LogP contribution is 2.37. The molecule has 214 valence electrons. The summed E-state index contributed by atoms with van der Waals surface area (Å²) in [5, 5.41) is 10.3. The average Bonchev–Trinajstić information content (AvgIpc) is 3.57. The maximum Gasteiger partial charge on any atom is 0.269 e. The van der Waals surface area contributed by atoms with Crippen molar-refractivity contribution < 1.29 is 17.2 Å². The Bertz CT molecular complexity index is 1780. The van der Waals surface area contributed by atoms with Crippen molar-refractivity contribution in [2.24, 2.45) is 0 Å². The predicted molar refractivity (Wildman–Crippen MR) is 161 cm³/mol. The van der Waals surface area contributed by atoms with Crippen molar-refractivity contribution in [2.45, 2.75) is 56.8 Å². The number of rotatable bonds is 9. The minimum atomic E-state index is -3.86. The lowest BCUT2D eigenvalue weighted by Crippen LogP contribution is -2.41. The molecule has 0 fully saturated rings. The molecule has 0 aliphatic rings. The predicted octanol–water partition coefficient (Wildman–Crippen LogP) is 6.75. The van der Waals surface area contributed by atoms with E-state index in [-0.39, 0.29) is 21.4 Å². The van der Waals surface area contributed by atoms with Gasteiger partial charge in [0, 0.05) is 35.5 Å². The highest BCUT2D eigenvalue weighted by Gasteiger charge is 2.36. The summed E-state index contributed by atoms with van der Waals surface area (Å²) in [7, 11) is -5.73. The van der Waals surface area contributed by atoms with Gasteiger partial charge in [0.15, 0.2) is 14.0 Å². The number of pyridine rings is 1. The summed E-state index contributed by atoms with van der Waals surface area (Å²) >= 11 is 0. The molecule has 0 amide bonds. The van der Waals surface area contributed by atoms with Crippen LogP contribution in [0.15, 0.2) is 84.0 Å². The van der Waals surface area contributed by atoms with Crippen LogP contribution in [0.2, 0.25) is 18.1 Å². The van der Waals surface area contributed by atoms with Crippen LogP contribution >= 0.6 is 0 Å². The molecule has 3 aromatic heterocycles. The summed E-state index contributed by atoms with van der Waals surface area (Å²) in [4.78, 5) is 6.21. The molecule has 0 unspecified atom stereocenters. The van der Waals surface area contributed by atoms with Crippen molar-refractivity contribution in [3.05, 3.63) is 84.9 Å². The molecule has 0 spiro atoms. The van der Waals surface area contributed by atoms with Crippen LogP contribution in [0.25, 0.3) is 33.5 Å². The molecule has 0 saturated heterocycles. The first-order valence-corrected chi connectivity index (χ1v) is 17.9. The largest absolute Gasteiger partial charge is 0.417 e. The van der Waals surface area contributed by atoms with Crippen LogP contribution in [0.1, 0.15) is 27.2 Å². The maximum atomic E-state index is 13.8. The third-order valence-electron chi connectivity index (χ3n) is 7.65. The van der Waals surface area contributed by atoms with E-state index >= 15 is 0 Å². The molecule has 0 saturated carbocycles. The van der Waals surface area contributed by atoms with Crippen LogP contribution in [-0.2, 0) is 21.0 Å². The lowest BCUT2D eigenvalue weighted by molar-refractivity contribution is 0.269. The second-order valence-corrected chi connectivity index (χ2v) is 18.1. The van der Waals surface area contributed by atoms with E-state index in [2.05, 4.69) is 38.8 Å². The molecule has 5 aromatic rings.